The van der Waals surface area contributed by atoms with Crippen LogP contribution in [0.15, 0.2) is 24.3 Å². The van der Waals surface area contributed by atoms with Gasteiger partial charge in [-0.3, -0.25) is 4.79 Å². The molecule has 0 atom stereocenters. The predicted molar refractivity (Wildman–Crippen MR) is 85.9 cm³/mol. The van der Waals surface area contributed by atoms with Crippen LogP contribution >= 0.6 is 12.2 Å². The summed E-state index contributed by atoms with van der Waals surface area (Å²) in [4.78, 5) is 10.9. The van der Waals surface area contributed by atoms with E-state index >= 15 is 0 Å². The number of ether oxygens (including phenoxy) is 1. The third kappa shape index (κ3) is 6.52. The van der Waals surface area contributed by atoms with E-state index in [1.54, 1.807) is 0 Å². The quantitative estimate of drug-likeness (QED) is 0.460. The largest absolute Gasteiger partial charge is 0.469 e. The van der Waals surface area contributed by atoms with Crippen LogP contribution in [0.2, 0.25) is 0 Å². The van der Waals surface area contributed by atoms with Gasteiger partial charge in [-0.2, -0.15) is 0 Å². The molecule has 0 aliphatic rings. The first-order valence-corrected chi connectivity index (χ1v) is 7.21. The summed E-state index contributed by atoms with van der Waals surface area (Å²) in [6, 6.07) is 8.01. The predicted octanol–water partition coefficient (Wildman–Crippen LogP) is 3.01. The van der Waals surface area contributed by atoms with Crippen LogP contribution in [0.25, 0.3) is 0 Å². The van der Waals surface area contributed by atoms with Crippen molar-refractivity contribution in [3.63, 3.8) is 0 Å². The standard InChI is InChI=1S/C15H22N2O2S/c1-12-8-5-6-9-13(12)17-15(20)16-11-7-3-4-10-14(18)19-2/h5-6,8-9H,3-4,7,10-11H2,1-2H3,(H2,16,17,20). The van der Waals surface area contributed by atoms with Crippen LogP contribution in [-0.2, 0) is 9.53 Å². The molecule has 5 heteroatoms. The Morgan fingerprint density at radius 3 is 2.70 bits per heavy atom. The summed E-state index contributed by atoms with van der Waals surface area (Å²) in [5.74, 6) is -0.144. The summed E-state index contributed by atoms with van der Waals surface area (Å²) in [5.41, 5.74) is 2.19. The lowest BCUT2D eigenvalue weighted by atomic mass is 10.2. The van der Waals surface area contributed by atoms with Crippen LogP contribution in [0, 0.1) is 6.92 Å². The highest BCUT2D eigenvalue weighted by atomic mass is 32.1. The van der Waals surface area contributed by atoms with E-state index in [9.17, 15) is 4.79 Å². The molecule has 0 amide bonds. The molecule has 0 saturated heterocycles. The SMILES string of the molecule is COC(=O)CCCCCNC(=S)Nc1ccccc1C. The van der Waals surface area contributed by atoms with Crippen LogP contribution in [0.1, 0.15) is 31.2 Å². The van der Waals surface area contributed by atoms with Gasteiger partial charge in [-0.05, 0) is 43.6 Å². The van der Waals surface area contributed by atoms with Crippen molar-refractivity contribution < 1.29 is 9.53 Å². The fraction of sp³-hybridized carbons (Fsp3) is 0.467. The number of thiocarbonyl (C=S) groups is 1. The van der Waals surface area contributed by atoms with Gasteiger partial charge in [-0.1, -0.05) is 24.6 Å². The Morgan fingerprint density at radius 2 is 2.00 bits per heavy atom. The first-order chi connectivity index (χ1) is 9.63. The van der Waals surface area contributed by atoms with E-state index in [0.29, 0.717) is 11.5 Å². The third-order valence-corrected chi connectivity index (χ3v) is 3.21. The topological polar surface area (TPSA) is 50.4 Å². The summed E-state index contributed by atoms with van der Waals surface area (Å²) in [6.45, 7) is 2.84. The Hall–Kier alpha value is -1.62. The lowest BCUT2D eigenvalue weighted by molar-refractivity contribution is -0.140. The number of rotatable bonds is 7. The van der Waals surface area contributed by atoms with Gasteiger partial charge in [-0.15, -0.1) is 0 Å². The maximum atomic E-state index is 10.9. The molecular formula is C15H22N2O2S. The second-order valence-electron chi connectivity index (χ2n) is 4.58. The molecule has 0 saturated carbocycles. The van der Waals surface area contributed by atoms with E-state index in [1.807, 2.05) is 31.2 Å². The van der Waals surface area contributed by atoms with Gasteiger partial charge in [0.05, 0.1) is 7.11 Å². The number of carbonyl (C=O) groups excluding carboxylic acids is 1. The first-order valence-electron chi connectivity index (χ1n) is 6.81. The van der Waals surface area contributed by atoms with Gasteiger partial charge in [-0.25, -0.2) is 0 Å². The molecule has 0 heterocycles. The van der Waals surface area contributed by atoms with Crippen LogP contribution in [0.4, 0.5) is 5.69 Å². The molecule has 0 unspecified atom stereocenters. The van der Waals surface area contributed by atoms with Crippen molar-refractivity contribution in [1.82, 2.24) is 5.32 Å². The Bertz CT molecular complexity index is 449. The number of carbonyl (C=O) groups is 1. The zero-order valence-electron chi connectivity index (χ0n) is 12.1. The number of esters is 1. The average molecular weight is 294 g/mol. The number of aryl methyl sites for hydroxylation is 1. The van der Waals surface area contributed by atoms with Crippen LogP contribution in [0.3, 0.4) is 0 Å². The van der Waals surface area contributed by atoms with Gasteiger partial charge in [0.25, 0.3) is 0 Å². The fourth-order valence-electron chi connectivity index (χ4n) is 1.75. The van der Waals surface area contributed by atoms with Gasteiger partial charge < -0.3 is 15.4 Å². The molecule has 0 aromatic heterocycles. The van der Waals surface area contributed by atoms with Gasteiger partial charge in [0.1, 0.15) is 0 Å². The van der Waals surface area contributed by atoms with Gasteiger partial charge in [0, 0.05) is 18.7 Å². The number of hydrogen-bond donors (Lipinski definition) is 2. The zero-order valence-corrected chi connectivity index (χ0v) is 12.9. The molecule has 20 heavy (non-hydrogen) atoms. The molecule has 0 fully saturated rings. The lowest BCUT2D eigenvalue weighted by Gasteiger charge is -2.12. The summed E-state index contributed by atoms with van der Waals surface area (Å²) in [5, 5.41) is 6.97. The number of hydrogen-bond acceptors (Lipinski definition) is 3. The molecule has 0 radical (unpaired) electrons. The third-order valence-electron chi connectivity index (χ3n) is 2.96. The highest BCUT2D eigenvalue weighted by Gasteiger charge is 2.01. The van der Waals surface area contributed by atoms with E-state index in [-0.39, 0.29) is 5.97 Å². The number of benzene rings is 1. The average Bonchev–Trinajstić information content (AvgIpc) is 2.44. The number of nitrogens with one attached hydrogen (secondary N) is 2. The number of anilines is 1. The molecule has 110 valence electrons. The summed E-state index contributed by atoms with van der Waals surface area (Å²) in [6.07, 6.45) is 3.30. The van der Waals surface area contributed by atoms with Gasteiger partial charge in [0.15, 0.2) is 5.11 Å². The molecule has 2 N–H and O–H groups in total. The van der Waals surface area contributed by atoms with Crippen molar-refractivity contribution in [3.8, 4) is 0 Å². The Morgan fingerprint density at radius 1 is 1.25 bits per heavy atom. The number of unbranched alkanes of at least 4 members (excludes halogenated alkanes) is 2. The van der Waals surface area contributed by atoms with Gasteiger partial charge in [0.2, 0.25) is 0 Å². The van der Waals surface area contributed by atoms with Crippen molar-refractivity contribution in [2.45, 2.75) is 32.6 Å². The van der Waals surface area contributed by atoms with Crippen molar-refractivity contribution in [1.29, 1.82) is 0 Å². The van der Waals surface area contributed by atoms with E-state index in [0.717, 1.165) is 37.1 Å². The molecule has 0 aliphatic carbocycles. The van der Waals surface area contributed by atoms with Crippen molar-refractivity contribution in [3.05, 3.63) is 29.8 Å². The van der Waals surface area contributed by atoms with E-state index in [1.165, 1.54) is 7.11 Å². The highest BCUT2D eigenvalue weighted by molar-refractivity contribution is 7.80. The van der Waals surface area contributed by atoms with E-state index in [4.69, 9.17) is 12.2 Å². The summed E-state index contributed by atoms with van der Waals surface area (Å²) in [7, 11) is 1.42. The summed E-state index contributed by atoms with van der Waals surface area (Å²) < 4.78 is 4.59. The first kappa shape index (κ1) is 16.4. The normalized spacial score (nSPS) is 9.90. The van der Waals surface area contributed by atoms with E-state index in [2.05, 4.69) is 15.4 Å². The Balaban J connectivity index is 2.12. The molecule has 4 nitrogen and oxygen atoms in total. The Kier molecular flexibility index (Phi) is 7.65. The second-order valence-corrected chi connectivity index (χ2v) is 4.99. The molecule has 1 aromatic carbocycles. The molecule has 0 bridgehead atoms. The lowest BCUT2D eigenvalue weighted by Crippen LogP contribution is -2.29. The molecular weight excluding hydrogens is 272 g/mol. The van der Waals surface area contributed by atoms with Crippen molar-refractivity contribution in [2.75, 3.05) is 19.0 Å². The minimum atomic E-state index is -0.144. The van der Waals surface area contributed by atoms with Gasteiger partial charge >= 0.3 is 5.97 Å². The van der Waals surface area contributed by atoms with E-state index < -0.39 is 0 Å². The van der Waals surface area contributed by atoms with Crippen LogP contribution in [0.5, 0.6) is 0 Å². The second kappa shape index (κ2) is 9.31. The minimum absolute atomic E-state index is 0.144. The van der Waals surface area contributed by atoms with Crippen molar-refractivity contribution >= 4 is 29.0 Å². The zero-order chi connectivity index (χ0) is 14.8. The van der Waals surface area contributed by atoms with Crippen molar-refractivity contribution in [2.24, 2.45) is 0 Å². The maximum Gasteiger partial charge on any atom is 0.305 e. The molecule has 0 spiro atoms. The summed E-state index contributed by atoms with van der Waals surface area (Å²) >= 11 is 5.24. The van der Waals surface area contributed by atoms with Crippen LogP contribution < -0.4 is 10.6 Å². The Labute approximate surface area is 125 Å². The smallest absolute Gasteiger partial charge is 0.305 e. The fourth-order valence-corrected chi connectivity index (χ4v) is 1.97. The maximum absolute atomic E-state index is 10.9. The monoisotopic (exact) mass is 294 g/mol. The highest BCUT2D eigenvalue weighted by Crippen LogP contribution is 2.12. The number of para-hydroxylation sites is 1. The molecule has 1 rings (SSSR count). The molecule has 1 aromatic rings. The number of methoxy groups -OCH3 is 1. The van der Waals surface area contributed by atoms with Crippen LogP contribution in [-0.4, -0.2) is 24.7 Å². The molecule has 0 aliphatic heterocycles. The minimum Gasteiger partial charge on any atom is -0.469 e.